The smallest absolute Gasteiger partial charge is 0.329 e. The van der Waals surface area contributed by atoms with Gasteiger partial charge >= 0.3 is 5.69 Å². The van der Waals surface area contributed by atoms with E-state index < -0.39 is 17.4 Å². The number of imidazole rings is 1. The fourth-order valence-electron chi connectivity index (χ4n) is 3.40. The van der Waals surface area contributed by atoms with Crippen molar-refractivity contribution in [2.75, 3.05) is 31.2 Å². The number of nitrogens with zero attached hydrogens (tertiary/aromatic N) is 4. The number of nitrogens with one attached hydrogen (secondary N) is 1. The lowest BCUT2D eigenvalue weighted by molar-refractivity contribution is 0.0404. The van der Waals surface area contributed by atoms with Gasteiger partial charge in [-0.25, -0.2) is 4.79 Å². The SMILES string of the molecule is C=CCOC[C@H](O)Cn1c(N2CCC(C)CC2)nc2c1c(=O)[nH]c(=O)n2C. The lowest BCUT2D eigenvalue weighted by atomic mass is 10.00. The molecule has 9 nitrogen and oxygen atoms in total. The summed E-state index contributed by atoms with van der Waals surface area (Å²) in [5, 5.41) is 10.4. The van der Waals surface area contributed by atoms with E-state index in [4.69, 9.17) is 4.74 Å². The van der Waals surface area contributed by atoms with Gasteiger partial charge in [-0.2, -0.15) is 4.98 Å². The molecule has 2 aromatic rings. The van der Waals surface area contributed by atoms with E-state index in [1.807, 2.05) is 0 Å². The van der Waals surface area contributed by atoms with Crippen LogP contribution in [0.15, 0.2) is 22.2 Å². The molecule has 0 bridgehead atoms. The fraction of sp³-hybridized carbons (Fsp3) is 0.611. The van der Waals surface area contributed by atoms with Crippen LogP contribution in [0.5, 0.6) is 0 Å². The first kappa shape index (κ1) is 19.4. The summed E-state index contributed by atoms with van der Waals surface area (Å²) in [5.41, 5.74) is -0.410. The number of H-pyrrole nitrogens is 1. The molecule has 1 fully saturated rings. The van der Waals surface area contributed by atoms with Gasteiger partial charge in [-0.1, -0.05) is 13.0 Å². The fourth-order valence-corrected chi connectivity index (χ4v) is 3.40. The van der Waals surface area contributed by atoms with E-state index in [2.05, 4.69) is 28.4 Å². The lowest BCUT2D eigenvalue weighted by Crippen LogP contribution is -2.36. The quantitative estimate of drug-likeness (QED) is 0.528. The standard InChI is InChI=1S/C18H27N5O4/c1-4-9-27-11-13(24)10-23-14-15(21(3)18(26)20-16(14)25)19-17(23)22-7-5-12(2)6-8-22/h4,12-13,24H,1,5-11H2,2-3H3,(H,20,25,26)/t13-/m1/s1. The van der Waals surface area contributed by atoms with Crippen molar-refractivity contribution in [1.29, 1.82) is 0 Å². The third-order valence-corrected chi connectivity index (χ3v) is 4.99. The van der Waals surface area contributed by atoms with Crippen LogP contribution in [0.4, 0.5) is 5.95 Å². The van der Waals surface area contributed by atoms with Crippen LogP contribution >= 0.6 is 0 Å². The number of aryl methyl sites for hydroxylation is 1. The van der Waals surface area contributed by atoms with Gasteiger partial charge in [0.2, 0.25) is 5.95 Å². The number of hydrogen-bond acceptors (Lipinski definition) is 6. The zero-order valence-electron chi connectivity index (χ0n) is 15.8. The van der Waals surface area contributed by atoms with Crippen molar-refractivity contribution in [1.82, 2.24) is 19.1 Å². The average molecular weight is 377 g/mol. The zero-order valence-corrected chi connectivity index (χ0v) is 15.8. The molecule has 1 aliphatic rings. The number of hydrogen-bond donors (Lipinski definition) is 2. The predicted octanol–water partition coefficient (Wildman–Crippen LogP) is 0.223. The molecule has 0 amide bonds. The molecule has 1 saturated heterocycles. The highest BCUT2D eigenvalue weighted by atomic mass is 16.5. The summed E-state index contributed by atoms with van der Waals surface area (Å²) in [6, 6.07) is 0. The summed E-state index contributed by atoms with van der Waals surface area (Å²) < 4.78 is 8.34. The Balaban J connectivity index is 2.03. The molecule has 148 valence electrons. The maximum Gasteiger partial charge on any atom is 0.329 e. The Bertz CT molecular complexity index is 920. The molecule has 2 N–H and O–H groups in total. The Morgan fingerprint density at radius 1 is 1.41 bits per heavy atom. The number of ether oxygens (including phenoxy) is 1. The van der Waals surface area contributed by atoms with Crippen LogP contribution in [-0.4, -0.2) is 56.6 Å². The van der Waals surface area contributed by atoms with Gasteiger partial charge in [-0.15, -0.1) is 6.58 Å². The molecule has 0 aromatic carbocycles. The minimum absolute atomic E-state index is 0.117. The number of aromatic amines is 1. The molecule has 0 spiro atoms. The summed E-state index contributed by atoms with van der Waals surface area (Å²) in [4.78, 5) is 33.5. The van der Waals surface area contributed by atoms with Gasteiger partial charge in [0.25, 0.3) is 5.56 Å². The van der Waals surface area contributed by atoms with Crippen molar-refractivity contribution in [3.05, 3.63) is 33.5 Å². The summed E-state index contributed by atoms with van der Waals surface area (Å²) in [6.45, 7) is 8.04. The van der Waals surface area contributed by atoms with Crippen LogP contribution in [0.3, 0.4) is 0 Å². The number of aliphatic hydroxyl groups is 1. The molecule has 27 heavy (non-hydrogen) atoms. The third kappa shape index (κ3) is 3.98. The molecule has 0 radical (unpaired) electrons. The second-order valence-corrected chi connectivity index (χ2v) is 7.16. The van der Waals surface area contributed by atoms with Crippen LogP contribution < -0.4 is 16.1 Å². The van der Waals surface area contributed by atoms with Gasteiger partial charge in [0, 0.05) is 20.1 Å². The van der Waals surface area contributed by atoms with Crippen molar-refractivity contribution >= 4 is 17.1 Å². The molecule has 0 unspecified atom stereocenters. The molecule has 3 rings (SSSR count). The van der Waals surface area contributed by atoms with Crippen molar-refractivity contribution in [3.63, 3.8) is 0 Å². The first-order valence-corrected chi connectivity index (χ1v) is 9.23. The van der Waals surface area contributed by atoms with Gasteiger partial charge in [0.15, 0.2) is 11.2 Å². The summed E-state index contributed by atoms with van der Waals surface area (Å²) in [7, 11) is 1.57. The normalized spacial score (nSPS) is 16.8. The van der Waals surface area contributed by atoms with E-state index in [1.54, 1.807) is 17.7 Å². The first-order valence-electron chi connectivity index (χ1n) is 9.23. The Labute approximate surface area is 156 Å². The van der Waals surface area contributed by atoms with Crippen molar-refractivity contribution in [2.45, 2.75) is 32.4 Å². The van der Waals surface area contributed by atoms with E-state index >= 15 is 0 Å². The molecular weight excluding hydrogens is 350 g/mol. The van der Waals surface area contributed by atoms with E-state index in [0.29, 0.717) is 24.1 Å². The van der Waals surface area contributed by atoms with Crippen LogP contribution in [0, 0.1) is 5.92 Å². The van der Waals surface area contributed by atoms with Crippen LogP contribution in [0.1, 0.15) is 19.8 Å². The molecule has 0 aliphatic carbocycles. The Hall–Kier alpha value is -2.39. The van der Waals surface area contributed by atoms with Crippen molar-refractivity contribution in [3.8, 4) is 0 Å². The van der Waals surface area contributed by atoms with Crippen molar-refractivity contribution in [2.24, 2.45) is 13.0 Å². The second-order valence-electron chi connectivity index (χ2n) is 7.16. The lowest BCUT2D eigenvalue weighted by Gasteiger charge is -2.31. The van der Waals surface area contributed by atoms with E-state index in [-0.39, 0.29) is 18.7 Å². The number of fused-ring (bicyclic) bond motifs is 1. The summed E-state index contributed by atoms with van der Waals surface area (Å²) in [6.07, 6.45) is 2.86. The monoisotopic (exact) mass is 377 g/mol. The predicted molar refractivity (Wildman–Crippen MR) is 103 cm³/mol. The van der Waals surface area contributed by atoms with Gasteiger partial charge in [-0.05, 0) is 18.8 Å². The molecular formula is C18H27N5O4. The van der Waals surface area contributed by atoms with Gasteiger partial charge in [0.1, 0.15) is 0 Å². The Morgan fingerprint density at radius 3 is 2.78 bits per heavy atom. The van der Waals surface area contributed by atoms with Gasteiger partial charge < -0.3 is 19.3 Å². The van der Waals surface area contributed by atoms with Gasteiger partial charge in [0.05, 0.1) is 25.9 Å². The van der Waals surface area contributed by atoms with Crippen LogP contribution in [0.25, 0.3) is 11.2 Å². The number of aliphatic hydroxyl groups excluding tert-OH is 1. The minimum atomic E-state index is -0.818. The topological polar surface area (TPSA) is 105 Å². The van der Waals surface area contributed by atoms with Crippen LogP contribution in [-0.2, 0) is 18.3 Å². The molecule has 0 saturated carbocycles. The van der Waals surface area contributed by atoms with E-state index in [1.165, 1.54) is 4.57 Å². The highest BCUT2D eigenvalue weighted by molar-refractivity contribution is 5.74. The molecule has 1 atom stereocenters. The molecule has 9 heteroatoms. The molecule has 1 aliphatic heterocycles. The number of anilines is 1. The maximum absolute atomic E-state index is 12.5. The van der Waals surface area contributed by atoms with Gasteiger partial charge in [-0.3, -0.25) is 14.3 Å². The molecule has 2 aromatic heterocycles. The van der Waals surface area contributed by atoms with E-state index in [0.717, 1.165) is 25.9 Å². The highest BCUT2D eigenvalue weighted by Gasteiger charge is 2.25. The number of rotatable bonds is 7. The summed E-state index contributed by atoms with van der Waals surface area (Å²) >= 11 is 0. The maximum atomic E-state index is 12.5. The second kappa shape index (κ2) is 8.10. The average Bonchev–Trinajstić information content (AvgIpc) is 3.00. The minimum Gasteiger partial charge on any atom is -0.389 e. The zero-order chi connectivity index (χ0) is 19.6. The van der Waals surface area contributed by atoms with Crippen molar-refractivity contribution < 1.29 is 9.84 Å². The Morgan fingerprint density at radius 2 is 2.11 bits per heavy atom. The number of aromatic nitrogens is 4. The van der Waals surface area contributed by atoms with Crippen LogP contribution in [0.2, 0.25) is 0 Å². The summed E-state index contributed by atoms with van der Waals surface area (Å²) in [5.74, 6) is 1.25. The first-order chi connectivity index (χ1) is 12.9. The Kier molecular flexibility index (Phi) is 5.81. The number of piperidine rings is 1. The highest BCUT2D eigenvalue weighted by Crippen LogP contribution is 2.25. The largest absolute Gasteiger partial charge is 0.389 e. The van der Waals surface area contributed by atoms with E-state index in [9.17, 15) is 14.7 Å². The molecule has 3 heterocycles. The third-order valence-electron chi connectivity index (χ3n) is 4.99.